The molecule has 0 spiro atoms. The summed E-state index contributed by atoms with van der Waals surface area (Å²) < 4.78 is 33.1. The van der Waals surface area contributed by atoms with Crippen LogP contribution in [0, 0.1) is 0 Å². The van der Waals surface area contributed by atoms with Crippen molar-refractivity contribution in [3.8, 4) is 10.6 Å². The predicted molar refractivity (Wildman–Crippen MR) is 154 cm³/mol. The summed E-state index contributed by atoms with van der Waals surface area (Å²) in [5.41, 5.74) is 2.43. The Morgan fingerprint density at radius 1 is 1.07 bits per heavy atom. The van der Waals surface area contributed by atoms with Crippen LogP contribution in [-0.4, -0.2) is 65.3 Å². The second-order valence-corrected chi connectivity index (χ2v) is 12.4. The lowest BCUT2D eigenvalue weighted by Crippen LogP contribution is -2.27. The molecule has 0 fully saturated rings. The van der Waals surface area contributed by atoms with E-state index in [0.717, 1.165) is 9.18 Å². The summed E-state index contributed by atoms with van der Waals surface area (Å²) in [5, 5.41) is 5.94. The molecule has 0 bridgehead atoms. The summed E-state index contributed by atoms with van der Waals surface area (Å²) in [6, 6.07) is 17.7. The largest absolute Gasteiger partial charge is 0.443 e. The Bertz CT molecular complexity index is 1760. The van der Waals surface area contributed by atoms with Crippen molar-refractivity contribution >= 4 is 55.7 Å². The summed E-state index contributed by atoms with van der Waals surface area (Å²) in [6.45, 7) is 0.159. The number of aryl methyl sites for hydroxylation is 1. The van der Waals surface area contributed by atoms with Gasteiger partial charge in [-0.05, 0) is 30.3 Å². The van der Waals surface area contributed by atoms with E-state index in [1.54, 1.807) is 53.2 Å². The Labute approximate surface area is 234 Å². The van der Waals surface area contributed by atoms with Gasteiger partial charge in [-0.1, -0.05) is 30.3 Å². The molecule has 13 heteroatoms. The highest BCUT2D eigenvalue weighted by molar-refractivity contribution is 7.89. The number of Topliss-reactive ketones (excluding diaryl/α,β-unsaturated/α-hetero) is 1. The van der Waals surface area contributed by atoms with Crippen molar-refractivity contribution in [2.24, 2.45) is 0 Å². The molecule has 2 aromatic carbocycles. The molecule has 0 radical (unpaired) electrons. The van der Waals surface area contributed by atoms with Crippen LogP contribution in [0.3, 0.4) is 0 Å². The van der Waals surface area contributed by atoms with Crippen molar-refractivity contribution < 1.29 is 22.4 Å². The third-order valence-electron chi connectivity index (χ3n) is 6.16. The lowest BCUT2D eigenvalue weighted by Gasteiger charge is -2.14. The molecule has 2 N–H and O–H groups in total. The first kappa shape index (κ1) is 27.2. The van der Waals surface area contributed by atoms with E-state index in [4.69, 9.17) is 4.42 Å². The van der Waals surface area contributed by atoms with Crippen molar-refractivity contribution in [1.29, 1.82) is 0 Å². The van der Waals surface area contributed by atoms with Crippen LogP contribution in [0.1, 0.15) is 20.0 Å². The van der Waals surface area contributed by atoms with E-state index in [2.05, 4.69) is 20.6 Å². The van der Waals surface area contributed by atoms with Gasteiger partial charge in [0.1, 0.15) is 0 Å². The van der Waals surface area contributed by atoms with Gasteiger partial charge >= 0.3 is 0 Å². The number of anilines is 2. The van der Waals surface area contributed by atoms with Gasteiger partial charge in [-0.15, -0.1) is 11.3 Å². The van der Waals surface area contributed by atoms with Crippen LogP contribution in [0.15, 0.2) is 77.7 Å². The molecule has 206 valence electrons. The maximum Gasteiger partial charge on any atom is 0.268 e. The van der Waals surface area contributed by atoms with Crippen molar-refractivity contribution in [1.82, 2.24) is 18.8 Å². The standard InChI is InChI=1S/C27H26N6O5S2/c1-32(2)40(36,37)13-12-33-21-9-8-19(29-15-22(34)18-6-4-3-5-7-18)14-20(21)30-27(33)31-26(35)25-11-10-24(39-25)23-16-28-17-38-23/h3-11,14,16-17,29H,12-13,15H2,1-2H3,(H,30,31,35). The average Bonchev–Trinajstić information content (AvgIpc) is 3.71. The molecule has 5 rings (SSSR count). The van der Waals surface area contributed by atoms with E-state index < -0.39 is 15.9 Å². The second-order valence-electron chi connectivity index (χ2n) is 9.02. The number of nitrogens with one attached hydrogen (secondary N) is 2. The van der Waals surface area contributed by atoms with Gasteiger partial charge in [-0.2, -0.15) is 0 Å². The van der Waals surface area contributed by atoms with E-state index in [-0.39, 0.29) is 30.6 Å². The zero-order chi connectivity index (χ0) is 28.3. The molecule has 0 saturated carbocycles. The van der Waals surface area contributed by atoms with Crippen LogP contribution in [0.5, 0.6) is 0 Å². The highest BCUT2D eigenvalue weighted by Crippen LogP contribution is 2.29. The predicted octanol–water partition coefficient (Wildman–Crippen LogP) is 4.19. The number of fused-ring (bicyclic) bond motifs is 1. The number of nitrogens with zero attached hydrogens (tertiary/aromatic N) is 4. The van der Waals surface area contributed by atoms with Crippen LogP contribution >= 0.6 is 11.3 Å². The summed E-state index contributed by atoms with van der Waals surface area (Å²) in [6.07, 6.45) is 2.89. The molecule has 0 saturated heterocycles. The van der Waals surface area contributed by atoms with E-state index in [1.807, 2.05) is 18.2 Å². The number of sulfonamides is 1. The van der Waals surface area contributed by atoms with Gasteiger partial charge < -0.3 is 14.3 Å². The first-order valence-corrected chi connectivity index (χ1v) is 14.7. The molecule has 0 aliphatic carbocycles. The fourth-order valence-corrected chi connectivity index (χ4v) is 5.58. The zero-order valence-electron chi connectivity index (χ0n) is 21.7. The van der Waals surface area contributed by atoms with Gasteiger partial charge in [0, 0.05) is 31.9 Å². The lowest BCUT2D eigenvalue weighted by molar-refractivity contribution is 0.100. The Hall–Kier alpha value is -4.33. The Morgan fingerprint density at radius 3 is 2.60 bits per heavy atom. The number of ketones is 1. The van der Waals surface area contributed by atoms with Gasteiger partial charge in [-0.25, -0.2) is 22.7 Å². The molecular weight excluding hydrogens is 552 g/mol. The first-order valence-electron chi connectivity index (χ1n) is 12.2. The van der Waals surface area contributed by atoms with Gasteiger partial charge in [0.05, 0.1) is 39.3 Å². The van der Waals surface area contributed by atoms with Crippen molar-refractivity contribution in [3.63, 3.8) is 0 Å². The quantitative estimate of drug-likeness (QED) is 0.223. The summed E-state index contributed by atoms with van der Waals surface area (Å²) in [7, 11) is -0.559. The summed E-state index contributed by atoms with van der Waals surface area (Å²) in [4.78, 5) is 35.3. The number of carbonyl (C=O) groups is 2. The number of oxazole rings is 1. The maximum absolute atomic E-state index is 13.1. The van der Waals surface area contributed by atoms with Crippen molar-refractivity contribution in [2.45, 2.75) is 6.54 Å². The normalized spacial score (nSPS) is 11.7. The minimum atomic E-state index is -3.51. The molecule has 40 heavy (non-hydrogen) atoms. The third-order valence-corrected chi connectivity index (χ3v) is 9.07. The SMILES string of the molecule is CN(C)S(=O)(=O)CCn1c(NC(=O)c2ccc(-c3cnco3)s2)nc2cc(NCC(=O)c3ccccc3)ccc21. The number of benzene rings is 2. The summed E-state index contributed by atoms with van der Waals surface area (Å²) >= 11 is 1.23. The highest BCUT2D eigenvalue weighted by Gasteiger charge is 2.20. The molecule has 1 amide bonds. The molecule has 0 aliphatic heterocycles. The Balaban J connectivity index is 1.40. The molecule has 0 aliphatic rings. The van der Waals surface area contributed by atoms with Crippen LogP contribution < -0.4 is 10.6 Å². The first-order chi connectivity index (χ1) is 19.2. The molecule has 5 aromatic rings. The van der Waals surface area contributed by atoms with Gasteiger partial charge in [0.2, 0.25) is 16.0 Å². The topological polar surface area (TPSA) is 139 Å². The van der Waals surface area contributed by atoms with E-state index in [0.29, 0.717) is 32.9 Å². The fraction of sp³-hybridized carbons (Fsp3) is 0.185. The van der Waals surface area contributed by atoms with Crippen LogP contribution in [0.4, 0.5) is 11.6 Å². The molecular formula is C27H26N6O5S2. The number of amides is 1. The van der Waals surface area contributed by atoms with Crippen LogP contribution in [0.25, 0.3) is 21.7 Å². The van der Waals surface area contributed by atoms with Gasteiger partial charge in [-0.3, -0.25) is 14.9 Å². The van der Waals surface area contributed by atoms with Gasteiger partial charge in [0.25, 0.3) is 5.91 Å². The number of hydrogen-bond donors (Lipinski definition) is 2. The molecule has 3 aromatic heterocycles. The highest BCUT2D eigenvalue weighted by atomic mass is 32.2. The van der Waals surface area contributed by atoms with Gasteiger partial charge in [0.15, 0.2) is 17.9 Å². The smallest absolute Gasteiger partial charge is 0.268 e. The molecule has 0 atom stereocenters. The zero-order valence-corrected chi connectivity index (χ0v) is 23.3. The number of thiophene rings is 1. The van der Waals surface area contributed by atoms with E-state index in [1.165, 1.54) is 31.8 Å². The lowest BCUT2D eigenvalue weighted by atomic mass is 10.1. The van der Waals surface area contributed by atoms with E-state index in [9.17, 15) is 18.0 Å². The van der Waals surface area contributed by atoms with E-state index >= 15 is 0 Å². The molecule has 3 heterocycles. The maximum atomic E-state index is 13.1. The van der Waals surface area contributed by atoms with Crippen molar-refractivity contribution in [2.75, 3.05) is 37.0 Å². The van der Waals surface area contributed by atoms with Crippen LogP contribution in [-0.2, 0) is 16.6 Å². The Morgan fingerprint density at radius 2 is 1.88 bits per heavy atom. The Kier molecular flexibility index (Phi) is 7.78. The minimum absolute atomic E-state index is 0.0614. The fourth-order valence-electron chi connectivity index (χ4n) is 3.95. The molecule has 11 nitrogen and oxygen atoms in total. The average molecular weight is 579 g/mol. The number of hydrogen-bond acceptors (Lipinski definition) is 9. The monoisotopic (exact) mass is 578 g/mol. The summed E-state index contributed by atoms with van der Waals surface area (Å²) in [5.74, 6) is 0.120. The number of imidazole rings is 1. The van der Waals surface area contributed by atoms with Crippen LogP contribution in [0.2, 0.25) is 0 Å². The third kappa shape index (κ3) is 5.96. The minimum Gasteiger partial charge on any atom is -0.443 e. The number of aromatic nitrogens is 3. The number of rotatable bonds is 11. The number of carbonyl (C=O) groups excluding carboxylic acids is 2. The second kappa shape index (κ2) is 11.4. The molecule has 0 unspecified atom stereocenters. The van der Waals surface area contributed by atoms with Crippen molar-refractivity contribution in [3.05, 3.63) is 83.7 Å².